The lowest BCUT2D eigenvalue weighted by molar-refractivity contribution is -0.384. The number of nitro benzene ring substituents is 1. The van der Waals surface area contributed by atoms with Gasteiger partial charge in [0.2, 0.25) is 0 Å². The van der Waals surface area contributed by atoms with E-state index >= 15 is 0 Å². The predicted octanol–water partition coefficient (Wildman–Crippen LogP) is 2.43. The first-order chi connectivity index (χ1) is 9.51. The lowest BCUT2D eigenvalue weighted by Gasteiger charge is -2.13. The number of carbonyl (C=O) groups is 1. The van der Waals surface area contributed by atoms with E-state index in [-0.39, 0.29) is 5.69 Å². The minimum absolute atomic E-state index is 0.0751. The second-order valence-electron chi connectivity index (χ2n) is 4.20. The first kappa shape index (κ1) is 16.3. The zero-order valence-corrected chi connectivity index (χ0v) is 12.2. The molecule has 0 saturated heterocycles. The molecule has 1 aromatic carbocycles. The molecule has 0 heterocycles. The number of hydrogen-bond acceptors (Lipinski definition) is 5. The van der Waals surface area contributed by atoms with Crippen LogP contribution >= 0.6 is 0 Å². The SMILES string of the molecule is CCCCC(C(=O)OC)S(=O)c1ccc([N+](=O)[O-])cc1. The van der Waals surface area contributed by atoms with Gasteiger partial charge >= 0.3 is 5.97 Å². The largest absolute Gasteiger partial charge is 0.468 e. The number of benzene rings is 1. The minimum Gasteiger partial charge on any atom is -0.468 e. The summed E-state index contributed by atoms with van der Waals surface area (Å²) in [5, 5.41) is 9.83. The molecule has 6 nitrogen and oxygen atoms in total. The lowest BCUT2D eigenvalue weighted by atomic mass is 10.2. The predicted molar refractivity (Wildman–Crippen MR) is 74.8 cm³/mol. The van der Waals surface area contributed by atoms with Crippen molar-refractivity contribution < 1.29 is 18.7 Å². The number of methoxy groups -OCH3 is 1. The van der Waals surface area contributed by atoms with Crippen molar-refractivity contribution in [2.24, 2.45) is 0 Å². The van der Waals surface area contributed by atoms with Crippen LogP contribution in [0.2, 0.25) is 0 Å². The number of rotatable bonds is 7. The van der Waals surface area contributed by atoms with Crippen LogP contribution in [-0.2, 0) is 20.3 Å². The van der Waals surface area contributed by atoms with Crippen LogP contribution in [0.3, 0.4) is 0 Å². The molecule has 2 unspecified atom stereocenters. The fourth-order valence-corrected chi connectivity index (χ4v) is 3.08. The van der Waals surface area contributed by atoms with Crippen molar-refractivity contribution in [2.75, 3.05) is 7.11 Å². The van der Waals surface area contributed by atoms with Crippen LogP contribution in [0.1, 0.15) is 26.2 Å². The molecule has 0 amide bonds. The number of nitrogens with zero attached hydrogens (tertiary/aromatic N) is 1. The normalized spacial score (nSPS) is 13.5. The molecule has 0 saturated carbocycles. The third kappa shape index (κ3) is 4.12. The highest BCUT2D eigenvalue weighted by atomic mass is 32.2. The molecular weight excluding hydrogens is 282 g/mol. The van der Waals surface area contributed by atoms with E-state index in [4.69, 9.17) is 0 Å². The number of nitro groups is 1. The summed E-state index contributed by atoms with van der Waals surface area (Å²) in [5.41, 5.74) is -0.0751. The van der Waals surface area contributed by atoms with Crippen molar-refractivity contribution in [3.05, 3.63) is 34.4 Å². The summed E-state index contributed by atoms with van der Waals surface area (Å²) in [6, 6.07) is 5.38. The van der Waals surface area contributed by atoms with Crippen molar-refractivity contribution in [1.29, 1.82) is 0 Å². The highest BCUT2D eigenvalue weighted by molar-refractivity contribution is 7.86. The Morgan fingerprint density at radius 1 is 1.40 bits per heavy atom. The van der Waals surface area contributed by atoms with Gasteiger partial charge < -0.3 is 4.74 Å². The van der Waals surface area contributed by atoms with Gasteiger partial charge in [-0.1, -0.05) is 19.8 Å². The van der Waals surface area contributed by atoms with Crippen molar-refractivity contribution in [2.45, 2.75) is 36.3 Å². The summed E-state index contributed by atoms with van der Waals surface area (Å²) >= 11 is 0. The monoisotopic (exact) mass is 299 g/mol. The Kier molecular flexibility index (Phi) is 6.30. The number of unbranched alkanes of at least 4 members (excludes halogenated alkanes) is 1. The Labute approximate surface area is 119 Å². The summed E-state index contributed by atoms with van der Waals surface area (Å²) in [4.78, 5) is 22.1. The summed E-state index contributed by atoms with van der Waals surface area (Å²) in [6.45, 7) is 1.98. The molecule has 0 radical (unpaired) electrons. The van der Waals surface area contributed by atoms with E-state index < -0.39 is 26.9 Å². The standard InChI is InChI=1S/C13H17NO5S/c1-3-4-5-12(13(15)19-2)20(18)11-8-6-10(7-9-11)14(16)17/h6-9,12H,3-5H2,1-2H3. The van der Waals surface area contributed by atoms with Crippen molar-refractivity contribution in [1.82, 2.24) is 0 Å². The molecule has 20 heavy (non-hydrogen) atoms. The molecule has 7 heteroatoms. The van der Waals surface area contributed by atoms with Gasteiger partial charge in [0.25, 0.3) is 5.69 Å². The van der Waals surface area contributed by atoms with E-state index in [1.54, 1.807) is 0 Å². The van der Waals surface area contributed by atoms with E-state index in [1.165, 1.54) is 31.4 Å². The van der Waals surface area contributed by atoms with Crippen LogP contribution in [0.5, 0.6) is 0 Å². The molecule has 0 N–H and O–H groups in total. The highest BCUT2D eigenvalue weighted by Crippen LogP contribution is 2.20. The maximum Gasteiger partial charge on any atom is 0.321 e. The van der Waals surface area contributed by atoms with Gasteiger partial charge in [-0.3, -0.25) is 19.1 Å². The van der Waals surface area contributed by atoms with Gasteiger partial charge in [-0.15, -0.1) is 0 Å². The smallest absolute Gasteiger partial charge is 0.321 e. The van der Waals surface area contributed by atoms with E-state index in [2.05, 4.69) is 4.74 Å². The Hall–Kier alpha value is -1.76. The van der Waals surface area contributed by atoms with Gasteiger partial charge in [0, 0.05) is 17.0 Å². The quantitative estimate of drug-likeness (QED) is 0.438. The molecule has 0 bridgehead atoms. The van der Waals surface area contributed by atoms with Crippen molar-refractivity contribution in [3.8, 4) is 0 Å². The first-order valence-corrected chi connectivity index (χ1v) is 7.45. The Bertz CT molecular complexity index is 500. The van der Waals surface area contributed by atoms with Gasteiger partial charge in [0.05, 0.1) is 22.8 Å². The number of non-ortho nitro benzene ring substituents is 1. The van der Waals surface area contributed by atoms with E-state index in [0.29, 0.717) is 11.3 Å². The van der Waals surface area contributed by atoms with Gasteiger partial charge in [-0.05, 0) is 18.6 Å². The number of carbonyl (C=O) groups excluding carboxylic acids is 1. The average molecular weight is 299 g/mol. The zero-order chi connectivity index (χ0) is 15.1. The van der Waals surface area contributed by atoms with Crippen LogP contribution in [0.25, 0.3) is 0 Å². The maximum absolute atomic E-state index is 12.4. The minimum atomic E-state index is -1.57. The Morgan fingerprint density at radius 3 is 2.45 bits per heavy atom. The average Bonchev–Trinajstić information content (AvgIpc) is 2.47. The molecule has 1 rings (SSSR count). The summed E-state index contributed by atoms with van der Waals surface area (Å²) in [7, 11) is -0.313. The lowest BCUT2D eigenvalue weighted by Crippen LogP contribution is -2.27. The molecule has 1 aromatic rings. The van der Waals surface area contributed by atoms with E-state index in [0.717, 1.165) is 12.8 Å². The van der Waals surface area contributed by atoms with Gasteiger partial charge in [-0.25, -0.2) is 0 Å². The van der Waals surface area contributed by atoms with Gasteiger partial charge in [0.1, 0.15) is 5.25 Å². The highest BCUT2D eigenvalue weighted by Gasteiger charge is 2.27. The van der Waals surface area contributed by atoms with Crippen molar-refractivity contribution in [3.63, 3.8) is 0 Å². The zero-order valence-electron chi connectivity index (χ0n) is 11.4. The second kappa shape index (κ2) is 7.74. The van der Waals surface area contributed by atoms with Crippen molar-refractivity contribution >= 4 is 22.5 Å². The molecule has 110 valence electrons. The molecule has 0 aliphatic rings. The van der Waals surface area contributed by atoms with Crippen LogP contribution in [0.4, 0.5) is 5.69 Å². The fraction of sp³-hybridized carbons (Fsp3) is 0.462. The molecule has 0 aromatic heterocycles. The van der Waals surface area contributed by atoms with Crippen LogP contribution in [0.15, 0.2) is 29.2 Å². The Balaban J connectivity index is 2.93. The molecule has 0 spiro atoms. The van der Waals surface area contributed by atoms with Crippen LogP contribution in [-0.4, -0.2) is 27.5 Å². The molecular formula is C13H17NO5S. The summed E-state index contributed by atoms with van der Waals surface area (Å²) < 4.78 is 17.0. The van der Waals surface area contributed by atoms with Crippen LogP contribution in [0, 0.1) is 10.1 Å². The fourth-order valence-electron chi connectivity index (χ4n) is 1.70. The molecule has 0 aliphatic carbocycles. The molecule has 0 fully saturated rings. The third-order valence-electron chi connectivity index (χ3n) is 2.82. The maximum atomic E-state index is 12.4. The summed E-state index contributed by atoms with van der Waals surface area (Å²) in [5.74, 6) is -0.518. The summed E-state index contributed by atoms with van der Waals surface area (Å²) in [6.07, 6.45) is 2.11. The van der Waals surface area contributed by atoms with E-state index in [9.17, 15) is 19.1 Å². The van der Waals surface area contributed by atoms with Gasteiger partial charge in [0.15, 0.2) is 0 Å². The molecule has 2 atom stereocenters. The second-order valence-corrected chi connectivity index (χ2v) is 5.84. The number of hydrogen-bond donors (Lipinski definition) is 0. The first-order valence-electron chi connectivity index (χ1n) is 6.24. The van der Waals surface area contributed by atoms with Gasteiger partial charge in [-0.2, -0.15) is 0 Å². The number of ether oxygens (including phenoxy) is 1. The Morgan fingerprint density at radius 2 is 2.00 bits per heavy atom. The van der Waals surface area contributed by atoms with Crippen LogP contribution < -0.4 is 0 Å². The molecule has 0 aliphatic heterocycles. The topological polar surface area (TPSA) is 86.5 Å². The number of esters is 1. The third-order valence-corrected chi connectivity index (χ3v) is 4.50. The van der Waals surface area contributed by atoms with E-state index in [1.807, 2.05) is 6.92 Å².